The molecule has 0 radical (unpaired) electrons. The van der Waals surface area contributed by atoms with Gasteiger partial charge >= 0.3 is 0 Å². The lowest BCUT2D eigenvalue weighted by Gasteiger charge is -2.27. The maximum atomic E-state index is 2.38. The fraction of sp³-hybridized carbons (Fsp3) is 0. The SMILES string of the molecule is c1ccc(-n2c3ccccc3c3ccc(-c4cccc(N(c5ccc6ccccc6c5)c5ccc6ccccc6c5)c4)cc32)cc1. The molecule has 2 heteroatoms. The normalized spacial score (nSPS) is 11.5. The number of benzene rings is 8. The average molecular weight is 587 g/mol. The first-order chi connectivity index (χ1) is 22.8. The highest BCUT2D eigenvalue weighted by Crippen LogP contribution is 2.40. The van der Waals surface area contributed by atoms with Crippen LogP contribution < -0.4 is 4.90 Å². The number of rotatable bonds is 5. The standard InChI is InChI=1S/C44H30N2/c1-2-16-37(17-3-1)46-43-20-9-8-19-41(43)42-26-23-36(30-44(42)46)35-15-10-18-38(29-35)45(39-24-21-31-11-4-6-13-33(31)27-39)40-25-22-32-12-5-7-14-34(32)28-40/h1-30H. The Labute approximate surface area is 268 Å². The molecule has 0 N–H and O–H groups in total. The smallest absolute Gasteiger partial charge is 0.0547 e. The number of para-hydroxylation sites is 2. The van der Waals surface area contributed by atoms with Crippen LogP contribution in [0.1, 0.15) is 0 Å². The maximum Gasteiger partial charge on any atom is 0.0547 e. The summed E-state index contributed by atoms with van der Waals surface area (Å²) < 4.78 is 2.38. The summed E-state index contributed by atoms with van der Waals surface area (Å²) >= 11 is 0. The van der Waals surface area contributed by atoms with Crippen LogP contribution in [0.2, 0.25) is 0 Å². The van der Waals surface area contributed by atoms with Crippen molar-refractivity contribution in [2.75, 3.05) is 4.90 Å². The van der Waals surface area contributed by atoms with Crippen LogP contribution in [0.4, 0.5) is 17.1 Å². The Morgan fingerprint density at radius 3 is 1.61 bits per heavy atom. The summed E-state index contributed by atoms with van der Waals surface area (Å²) in [5.41, 5.74) is 9.33. The largest absolute Gasteiger partial charge is 0.310 e. The summed E-state index contributed by atoms with van der Waals surface area (Å²) in [6.45, 7) is 0. The zero-order valence-corrected chi connectivity index (χ0v) is 25.2. The van der Waals surface area contributed by atoms with Crippen molar-refractivity contribution in [1.82, 2.24) is 4.57 Å². The number of aromatic nitrogens is 1. The molecule has 0 aliphatic heterocycles. The van der Waals surface area contributed by atoms with Crippen molar-refractivity contribution in [2.45, 2.75) is 0 Å². The first kappa shape index (κ1) is 26.3. The molecule has 0 saturated carbocycles. The van der Waals surface area contributed by atoms with E-state index in [9.17, 15) is 0 Å². The van der Waals surface area contributed by atoms with E-state index in [0.29, 0.717) is 0 Å². The average Bonchev–Trinajstić information content (AvgIpc) is 3.46. The molecule has 216 valence electrons. The highest BCUT2D eigenvalue weighted by atomic mass is 15.1. The zero-order chi connectivity index (χ0) is 30.5. The van der Waals surface area contributed by atoms with Gasteiger partial charge in [0.05, 0.1) is 11.0 Å². The third-order valence-corrected chi connectivity index (χ3v) is 9.11. The fourth-order valence-electron chi connectivity index (χ4n) is 6.91. The van der Waals surface area contributed by atoms with Crippen molar-refractivity contribution >= 4 is 60.4 Å². The topological polar surface area (TPSA) is 8.17 Å². The van der Waals surface area contributed by atoms with Crippen LogP contribution in [-0.2, 0) is 0 Å². The van der Waals surface area contributed by atoms with Gasteiger partial charge in [-0.15, -0.1) is 0 Å². The number of hydrogen-bond donors (Lipinski definition) is 0. The van der Waals surface area contributed by atoms with E-state index in [1.165, 1.54) is 60.2 Å². The van der Waals surface area contributed by atoms with Gasteiger partial charge in [-0.05, 0) is 93.3 Å². The number of fused-ring (bicyclic) bond motifs is 5. The first-order valence-electron chi connectivity index (χ1n) is 15.8. The Hall–Kier alpha value is -6.12. The van der Waals surface area contributed by atoms with Gasteiger partial charge in [0.2, 0.25) is 0 Å². The molecule has 9 rings (SSSR count). The molecule has 0 bridgehead atoms. The van der Waals surface area contributed by atoms with Crippen LogP contribution in [0.3, 0.4) is 0 Å². The van der Waals surface area contributed by atoms with Crippen LogP contribution in [-0.4, -0.2) is 4.57 Å². The third-order valence-electron chi connectivity index (χ3n) is 9.11. The van der Waals surface area contributed by atoms with Gasteiger partial charge in [0.15, 0.2) is 0 Å². The number of anilines is 3. The van der Waals surface area contributed by atoms with Crippen molar-refractivity contribution in [3.05, 3.63) is 182 Å². The maximum absolute atomic E-state index is 2.38. The molecule has 0 amide bonds. The van der Waals surface area contributed by atoms with Crippen LogP contribution in [0, 0.1) is 0 Å². The summed E-state index contributed by atoms with van der Waals surface area (Å²) in [4.78, 5) is 2.38. The van der Waals surface area contributed by atoms with Crippen molar-refractivity contribution in [3.8, 4) is 16.8 Å². The minimum atomic E-state index is 1.12. The Bertz CT molecular complexity index is 2460. The van der Waals surface area contributed by atoms with Gasteiger partial charge in [-0.2, -0.15) is 0 Å². The van der Waals surface area contributed by atoms with Crippen molar-refractivity contribution < 1.29 is 0 Å². The van der Waals surface area contributed by atoms with E-state index in [4.69, 9.17) is 0 Å². The van der Waals surface area contributed by atoms with Gasteiger partial charge in [0.1, 0.15) is 0 Å². The predicted molar refractivity (Wildman–Crippen MR) is 196 cm³/mol. The molecular weight excluding hydrogens is 556 g/mol. The molecule has 1 aromatic heterocycles. The predicted octanol–water partition coefficient (Wildman–Crippen LogP) is 12.2. The van der Waals surface area contributed by atoms with Crippen LogP contribution in [0.25, 0.3) is 60.2 Å². The highest BCUT2D eigenvalue weighted by molar-refractivity contribution is 6.10. The molecule has 1 heterocycles. The summed E-state index contributed by atoms with van der Waals surface area (Å²) in [5, 5.41) is 7.44. The minimum absolute atomic E-state index is 1.12. The fourth-order valence-corrected chi connectivity index (χ4v) is 6.91. The van der Waals surface area contributed by atoms with E-state index in [2.05, 4.69) is 191 Å². The Kier molecular flexibility index (Phi) is 6.17. The molecule has 0 aliphatic rings. The van der Waals surface area contributed by atoms with Gasteiger partial charge in [-0.25, -0.2) is 0 Å². The van der Waals surface area contributed by atoms with E-state index < -0.39 is 0 Å². The lowest BCUT2D eigenvalue weighted by Crippen LogP contribution is -2.10. The van der Waals surface area contributed by atoms with Crippen LogP contribution in [0.15, 0.2) is 182 Å². The lowest BCUT2D eigenvalue weighted by molar-refractivity contribution is 1.18. The molecule has 0 spiro atoms. The zero-order valence-electron chi connectivity index (χ0n) is 25.2. The van der Waals surface area contributed by atoms with Crippen molar-refractivity contribution in [2.24, 2.45) is 0 Å². The summed E-state index contributed by atoms with van der Waals surface area (Å²) in [6, 6.07) is 65.8. The summed E-state index contributed by atoms with van der Waals surface area (Å²) in [5.74, 6) is 0. The quantitative estimate of drug-likeness (QED) is 0.195. The Balaban J connectivity index is 1.22. The van der Waals surface area contributed by atoms with Gasteiger partial charge in [-0.3, -0.25) is 0 Å². The van der Waals surface area contributed by atoms with Gasteiger partial charge in [0.25, 0.3) is 0 Å². The third kappa shape index (κ3) is 4.43. The second-order valence-corrected chi connectivity index (χ2v) is 11.9. The summed E-state index contributed by atoms with van der Waals surface area (Å²) in [7, 11) is 0. The first-order valence-corrected chi connectivity index (χ1v) is 15.8. The second kappa shape index (κ2) is 10.8. The number of nitrogens with zero attached hydrogens (tertiary/aromatic N) is 2. The van der Waals surface area contributed by atoms with Gasteiger partial charge < -0.3 is 9.47 Å². The van der Waals surface area contributed by atoms with Crippen molar-refractivity contribution in [3.63, 3.8) is 0 Å². The molecule has 0 fully saturated rings. The Morgan fingerprint density at radius 2 is 0.891 bits per heavy atom. The summed E-state index contributed by atoms with van der Waals surface area (Å²) in [6.07, 6.45) is 0. The van der Waals surface area contributed by atoms with E-state index in [-0.39, 0.29) is 0 Å². The van der Waals surface area contributed by atoms with E-state index >= 15 is 0 Å². The minimum Gasteiger partial charge on any atom is -0.310 e. The van der Waals surface area contributed by atoms with Gasteiger partial charge in [-0.1, -0.05) is 121 Å². The molecule has 9 aromatic rings. The molecule has 0 atom stereocenters. The van der Waals surface area contributed by atoms with E-state index in [0.717, 1.165) is 17.1 Å². The van der Waals surface area contributed by atoms with Gasteiger partial charge in [0, 0.05) is 33.5 Å². The molecule has 0 aliphatic carbocycles. The number of hydrogen-bond acceptors (Lipinski definition) is 1. The van der Waals surface area contributed by atoms with E-state index in [1.54, 1.807) is 0 Å². The molecule has 0 saturated heterocycles. The molecule has 8 aromatic carbocycles. The monoisotopic (exact) mass is 586 g/mol. The highest BCUT2D eigenvalue weighted by Gasteiger charge is 2.16. The lowest BCUT2D eigenvalue weighted by atomic mass is 10.0. The van der Waals surface area contributed by atoms with Crippen molar-refractivity contribution in [1.29, 1.82) is 0 Å². The molecule has 46 heavy (non-hydrogen) atoms. The van der Waals surface area contributed by atoms with E-state index in [1.807, 2.05) is 0 Å². The second-order valence-electron chi connectivity index (χ2n) is 11.9. The molecular formula is C44H30N2. The van der Waals surface area contributed by atoms with Crippen LogP contribution in [0.5, 0.6) is 0 Å². The van der Waals surface area contributed by atoms with Crippen LogP contribution >= 0.6 is 0 Å². The molecule has 0 unspecified atom stereocenters. The Morgan fingerprint density at radius 1 is 0.326 bits per heavy atom. The molecule has 2 nitrogen and oxygen atoms in total.